The molecule has 1 N–H and O–H groups in total. The number of amides is 1. The molecule has 1 aliphatic heterocycles. The number of carbonyl (C=O) groups excluding carboxylic acids is 1. The van der Waals surface area contributed by atoms with Crippen molar-refractivity contribution in [2.75, 3.05) is 25.0 Å². The van der Waals surface area contributed by atoms with Crippen molar-refractivity contribution >= 4 is 28.9 Å². The molecule has 7 nitrogen and oxygen atoms in total. The highest BCUT2D eigenvalue weighted by molar-refractivity contribution is 6.32. The highest BCUT2D eigenvalue weighted by Crippen LogP contribution is 2.33. The van der Waals surface area contributed by atoms with Crippen LogP contribution in [0.5, 0.6) is 0 Å². The molecule has 0 radical (unpaired) electrons. The highest BCUT2D eigenvalue weighted by atomic mass is 35.5. The first-order chi connectivity index (χ1) is 10.6. The Bertz CT molecular complexity index is 606. The standard InChI is InChI=1S/C14H17ClN4O3/c15-13-12(19(21)22)11(3-5-16-13)17-7-9-4-6-18(8-9)14(20)10-1-2-10/h3,5,9-10H,1-2,4,6-8H2,(H,16,17)/t9-/m0/s1. The number of pyridine rings is 1. The molecular formula is C14H17ClN4O3. The fourth-order valence-electron chi connectivity index (χ4n) is 2.79. The van der Waals surface area contributed by atoms with Crippen molar-refractivity contribution in [2.45, 2.75) is 19.3 Å². The van der Waals surface area contributed by atoms with Gasteiger partial charge in [-0.15, -0.1) is 0 Å². The fourth-order valence-corrected chi connectivity index (χ4v) is 3.01. The van der Waals surface area contributed by atoms with Gasteiger partial charge in [0.15, 0.2) is 0 Å². The average molecular weight is 325 g/mol. The first kappa shape index (κ1) is 15.0. The summed E-state index contributed by atoms with van der Waals surface area (Å²) in [7, 11) is 0. The number of hydrogen-bond donors (Lipinski definition) is 1. The lowest BCUT2D eigenvalue weighted by Gasteiger charge is -2.16. The van der Waals surface area contributed by atoms with E-state index in [0.717, 1.165) is 32.4 Å². The molecule has 3 rings (SSSR count). The number of likely N-dealkylation sites (tertiary alicyclic amines) is 1. The van der Waals surface area contributed by atoms with E-state index in [4.69, 9.17) is 11.6 Å². The average Bonchev–Trinajstić information content (AvgIpc) is 3.22. The van der Waals surface area contributed by atoms with E-state index in [1.807, 2.05) is 4.90 Å². The molecule has 0 unspecified atom stereocenters. The number of aromatic nitrogens is 1. The van der Waals surface area contributed by atoms with Crippen LogP contribution in [0, 0.1) is 22.0 Å². The van der Waals surface area contributed by atoms with Crippen molar-refractivity contribution in [2.24, 2.45) is 11.8 Å². The normalized spacial score (nSPS) is 21.0. The lowest BCUT2D eigenvalue weighted by Crippen LogP contribution is -2.30. The van der Waals surface area contributed by atoms with Crippen molar-refractivity contribution in [1.82, 2.24) is 9.88 Å². The van der Waals surface area contributed by atoms with Gasteiger partial charge >= 0.3 is 5.69 Å². The van der Waals surface area contributed by atoms with Gasteiger partial charge in [0.25, 0.3) is 0 Å². The summed E-state index contributed by atoms with van der Waals surface area (Å²) in [5.74, 6) is 0.807. The molecule has 0 bridgehead atoms. The molecule has 1 aliphatic carbocycles. The predicted molar refractivity (Wildman–Crippen MR) is 81.8 cm³/mol. The minimum Gasteiger partial charge on any atom is -0.379 e. The van der Waals surface area contributed by atoms with Gasteiger partial charge in [0.05, 0.1) is 4.92 Å². The van der Waals surface area contributed by atoms with Crippen LogP contribution in [0.25, 0.3) is 0 Å². The van der Waals surface area contributed by atoms with Gasteiger partial charge in [-0.3, -0.25) is 14.9 Å². The van der Waals surface area contributed by atoms with E-state index in [0.29, 0.717) is 18.2 Å². The van der Waals surface area contributed by atoms with Crippen LogP contribution in [0.3, 0.4) is 0 Å². The molecular weight excluding hydrogens is 308 g/mol. The zero-order chi connectivity index (χ0) is 15.7. The molecule has 1 aromatic rings. The molecule has 1 saturated heterocycles. The van der Waals surface area contributed by atoms with Crippen LogP contribution in [0.2, 0.25) is 5.15 Å². The van der Waals surface area contributed by atoms with Crippen LogP contribution >= 0.6 is 11.6 Å². The summed E-state index contributed by atoms with van der Waals surface area (Å²) in [5.41, 5.74) is 0.171. The number of carbonyl (C=O) groups is 1. The molecule has 118 valence electrons. The third-order valence-electron chi connectivity index (χ3n) is 4.17. The monoisotopic (exact) mass is 324 g/mol. The van der Waals surface area contributed by atoms with Crippen molar-refractivity contribution < 1.29 is 9.72 Å². The van der Waals surface area contributed by atoms with E-state index in [1.165, 1.54) is 6.20 Å². The predicted octanol–water partition coefficient (Wildman–Crippen LogP) is 2.31. The molecule has 2 fully saturated rings. The zero-order valence-corrected chi connectivity index (χ0v) is 12.8. The summed E-state index contributed by atoms with van der Waals surface area (Å²) >= 11 is 5.78. The van der Waals surface area contributed by atoms with Gasteiger partial charge in [-0.05, 0) is 31.2 Å². The zero-order valence-electron chi connectivity index (χ0n) is 12.0. The lowest BCUT2D eigenvalue weighted by molar-refractivity contribution is -0.384. The van der Waals surface area contributed by atoms with Crippen LogP contribution in [-0.2, 0) is 4.79 Å². The summed E-state index contributed by atoms with van der Waals surface area (Å²) in [6.45, 7) is 2.07. The molecule has 1 atom stereocenters. The molecule has 0 aromatic carbocycles. The van der Waals surface area contributed by atoms with Gasteiger partial charge in [-0.2, -0.15) is 0 Å². The van der Waals surface area contributed by atoms with E-state index >= 15 is 0 Å². The minimum atomic E-state index is -0.533. The topological polar surface area (TPSA) is 88.4 Å². The first-order valence-electron chi connectivity index (χ1n) is 7.38. The quantitative estimate of drug-likeness (QED) is 0.510. The minimum absolute atomic E-state index is 0.119. The van der Waals surface area contributed by atoms with Gasteiger partial charge in [0, 0.05) is 31.7 Å². The van der Waals surface area contributed by atoms with E-state index in [9.17, 15) is 14.9 Å². The maximum Gasteiger partial charge on any atom is 0.329 e. The largest absolute Gasteiger partial charge is 0.379 e. The highest BCUT2D eigenvalue weighted by Gasteiger charge is 2.36. The first-order valence-corrected chi connectivity index (χ1v) is 7.75. The Labute approximate surface area is 132 Å². The Balaban J connectivity index is 1.58. The van der Waals surface area contributed by atoms with E-state index in [1.54, 1.807) is 6.07 Å². The SMILES string of the molecule is O=C(C1CC1)N1CC[C@@H](CNc2ccnc(Cl)c2[N+](=O)[O-])C1. The number of anilines is 1. The Morgan fingerprint density at radius 2 is 2.27 bits per heavy atom. The lowest BCUT2D eigenvalue weighted by atomic mass is 10.1. The molecule has 1 aromatic heterocycles. The number of nitro groups is 1. The maximum atomic E-state index is 12.0. The number of halogens is 1. The van der Waals surface area contributed by atoms with Crippen LogP contribution < -0.4 is 5.32 Å². The van der Waals surface area contributed by atoms with Crippen molar-refractivity contribution in [3.05, 3.63) is 27.5 Å². The number of rotatable bonds is 5. The Hall–Kier alpha value is -1.89. The van der Waals surface area contributed by atoms with Crippen molar-refractivity contribution in [3.8, 4) is 0 Å². The van der Waals surface area contributed by atoms with Gasteiger partial charge in [0.1, 0.15) is 5.69 Å². The van der Waals surface area contributed by atoms with Crippen molar-refractivity contribution in [3.63, 3.8) is 0 Å². The number of hydrogen-bond acceptors (Lipinski definition) is 5. The number of nitrogens with one attached hydrogen (secondary N) is 1. The van der Waals surface area contributed by atoms with Gasteiger partial charge in [-0.25, -0.2) is 4.98 Å². The second-order valence-electron chi connectivity index (χ2n) is 5.85. The van der Waals surface area contributed by atoms with E-state index < -0.39 is 4.92 Å². The summed E-state index contributed by atoms with van der Waals surface area (Å²) in [5, 5.41) is 14.0. The van der Waals surface area contributed by atoms with Crippen LogP contribution in [-0.4, -0.2) is 40.3 Å². The third-order valence-corrected chi connectivity index (χ3v) is 4.44. The molecule has 1 saturated carbocycles. The third kappa shape index (κ3) is 3.14. The molecule has 0 spiro atoms. The van der Waals surface area contributed by atoms with Crippen LogP contribution in [0.4, 0.5) is 11.4 Å². The Kier molecular flexibility index (Phi) is 4.15. The maximum absolute atomic E-state index is 12.0. The summed E-state index contributed by atoms with van der Waals surface area (Å²) in [6, 6.07) is 1.55. The van der Waals surface area contributed by atoms with E-state index in [2.05, 4.69) is 10.3 Å². The molecule has 2 aliphatic rings. The smallest absolute Gasteiger partial charge is 0.329 e. The molecule has 2 heterocycles. The Morgan fingerprint density at radius 1 is 1.50 bits per heavy atom. The van der Waals surface area contributed by atoms with Crippen LogP contribution in [0.1, 0.15) is 19.3 Å². The molecule has 8 heteroatoms. The van der Waals surface area contributed by atoms with Gasteiger partial charge < -0.3 is 10.2 Å². The fraction of sp³-hybridized carbons (Fsp3) is 0.571. The summed E-state index contributed by atoms with van der Waals surface area (Å²) in [6.07, 6.45) is 4.38. The number of nitrogens with zero attached hydrogens (tertiary/aromatic N) is 3. The van der Waals surface area contributed by atoms with Crippen LogP contribution in [0.15, 0.2) is 12.3 Å². The van der Waals surface area contributed by atoms with Gasteiger partial charge in [-0.1, -0.05) is 11.6 Å². The van der Waals surface area contributed by atoms with Crippen molar-refractivity contribution in [1.29, 1.82) is 0 Å². The van der Waals surface area contributed by atoms with E-state index in [-0.39, 0.29) is 22.7 Å². The van der Waals surface area contributed by atoms with Gasteiger partial charge in [0.2, 0.25) is 11.1 Å². The summed E-state index contributed by atoms with van der Waals surface area (Å²) in [4.78, 5) is 28.2. The Morgan fingerprint density at radius 3 is 2.95 bits per heavy atom. The molecule has 22 heavy (non-hydrogen) atoms. The molecule has 1 amide bonds. The second-order valence-corrected chi connectivity index (χ2v) is 6.21. The second kappa shape index (κ2) is 6.08. The summed E-state index contributed by atoms with van der Waals surface area (Å²) < 4.78 is 0.